The van der Waals surface area contributed by atoms with Gasteiger partial charge in [-0.3, -0.25) is 0 Å². The number of methoxy groups -OCH3 is 2. The summed E-state index contributed by atoms with van der Waals surface area (Å²) in [4.78, 5) is 0. The summed E-state index contributed by atoms with van der Waals surface area (Å²) >= 11 is 0. The molecule has 0 fully saturated rings. The summed E-state index contributed by atoms with van der Waals surface area (Å²) < 4.78 is 16.9. The second-order valence-electron chi connectivity index (χ2n) is 7.47. The maximum atomic E-state index is 10.5. The van der Waals surface area contributed by atoms with Gasteiger partial charge in [-0.1, -0.05) is 18.2 Å². The van der Waals surface area contributed by atoms with Gasteiger partial charge in [0, 0.05) is 23.1 Å². The molecule has 3 aromatic rings. The zero-order valence-corrected chi connectivity index (χ0v) is 17.1. The van der Waals surface area contributed by atoms with Gasteiger partial charge >= 0.3 is 0 Å². The van der Waals surface area contributed by atoms with Crippen LogP contribution in [0.4, 0.5) is 0 Å². The summed E-state index contributed by atoms with van der Waals surface area (Å²) in [5.74, 6) is 2.01. The van der Waals surface area contributed by atoms with Crippen LogP contribution in [0.1, 0.15) is 35.4 Å². The number of para-hydroxylation sites is 1. The fourth-order valence-corrected chi connectivity index (χ4v) is 4.14. The highest BCUT2D eigenvalue weighted by atomic mass is 16.5. The maximum absolute atomic E-state index is 10.5. The highest BCUT2D eigenvalue weighted by molar-refractivity contribution is 6.04. The van der Waals surface area contributed by atoms with E-state index in [9.17, 15) is 10.2 Å². The van der Waals surface area contributed by atoms with Crippen LogP contribution in [0.3, 0.4) is 0 Å². The van der Waals surface area contributed by atoms with Gasteiger partial charge in [0.1, 0.15) is 17.2 Å². The Bertz CT molecular complexity index is 1180. The summed E-state index contributed by atoms with van der Waals surface area (Å²) in [5.41, 5.74) is 3.21. The van der Waals surface area contributed by atoms with Crippen molar-refractivity contribution in [3.63, 3.8) is 0 Å². The molecule has 2 heterocycles. The van der Waals surface area contributed by atoms with Crippen molar-refractivity contribution in [2.75, 3.05) is 14.2 Å². The molecule has 2 aliphatic heterocycles. The van der Waals surface area contributed by atoms with Crippen LogP contribution >= 0.6 is 0 Å². The Labute approximate surface area is 179 Å². The standard InChI is InChI=1S/C24H22N2O5/c1-29-15-8-10-20(27)17(12-15)18-13-19-16-5-3-4-6-22(16)31-24(26(19)25-18)14-7-9-21(28)23(11-14)30-2/h3-12,19,24,27-28H,13H2,1-2H3/t19-,24+/m1/s1. The predicted octanol–water partition coefficient (Wildman–Crippen LogP) is 4.36. The lowest BCUT2D eigenvalue weighted by Crippen LogP contribution is -2.33. The number of rotatable bonds is 4. The van der Waals surface area contributed by atoms with Crippen molar-refractivity contribution in [3.05, 3.63) is 77.4 Å². The lowest BCUT2D eigenvalue weighted by molar-refractivity contribution is -0.0191. The van der Waals surface area contributed by atoms with Crippen LogP contribution in [0, 0.1) is 0 Å². The minimum Gasteiger partial charge on any atom is -0.507 e. The van der Waals surface area contributed by atoms with Gasteiger partial charge in [-0.15, -0.1) is 0 Å². The van der Waals surface area contributed by atoms with E-state index in [1.807, 2.05) is 29.3 Å². The third-order valence-corrected chi connectivity index (χ3v) is 5.70. The largest absolute Gasteiger partial charge is 0.507 e. The molecule has 0 radical (unpaired) electrons. The van der Waals surface area contributed by atoms with Gasteiger partial charge in [-0.05, 0) is 42.5 Å². The fraction of sp³-hybridized carbons (Fsp3) is 0.208. The van der Waals surface area contributed by atoms with Crippen LogP contribution in [-0.4, -0.2) is 35.2 Å². The van der Waals surface area contributed by atoms with Crippen LogP contribution < -0.4 is 14.2 Å². The number of hydrogen-bond donors (Lipinski definition) is 2. The molecule has 5 rings (SSSR count). The van der Waals surface area contributed by atoms with E-state index in [1.165, 1.54) is 7.11 Å². The number of benzene rings is 3. The Balaban J connectivity index is 1.61. The minimum atomic E-state index is -0.514. The van der Waals surface area contributed by atoms with Crippen molar-refractivity contribution in [1.29, 1.82) is 0 Å². The Morgan fingerprint density at radius 1 is 0.968 bits per heavy atom. The molecule has 0 saturated heterocycles. The first-order chi connectivity index (χ1) is 15.1. The monoisotopic (exact) mass is 418 g/mol. The Morgan fingerprint density at radius 3 is 2.58 bits per heavy atom. The minimum absolute atomic E-state index is 0.0599. The van der Waals surface area contributed by atoms with Crippen LogP contribution in [-0.2, 0) is 0 Å². The molecule has 0 aromatic heterocycles. The summed E-state index contributed by atoms with van der Waals surface area (Å²) in [7, 11) is 3.10. The molecule has 7 nitrogen and oxygen atoms in total. The van der Waals surface area contributed by atoms with Crippen LogP contribution in [0.25, 0.3) is 0 Å². The number of phenolic OH excluding ortho intramolecular Hbond substituents is 2. The van der Waals surface area contributed by atoms with Gasteiger partial charge in [-0.2, -0.15) is 5.10 Å². The van der Waals surface area contributed by atoms with Crippen molar-refractivity contribution in [1.82, 2.24) is 5.01 Å². The van der Waals surface area contributed by atoms with Crippen molar-refractivity contribution >= 4 is 5.71 Å². The topological polar surface area (TPSA) is 83.8 Å². The summed E-state index contributed by atoms with van der Waals surface area (Å²) in [6.07, 6.45) is 0.0898. The first kappa shape index (κ1) is 19.1. The average molecular weight is 418 g/mol. The fourth-order valence-electron chi connectivity index (χ4n) is 4.14. The molecule has 0 saturated carbocycles. The van der Waals surface area contributed by atoms with Gasteiger partial charge in [0.15, 0.2) is 11.5 Å². The molecule has 2 N–H and O–H groups in total. The number of nitrogens with zero attached hydrogens (tertiary/aromatic N) is 2. The van der Waals surface area contributed by atoms with Crippen LogP contribution in [0.2, 0.25) is 0 Å². The molecule has 31 heavy (non-hydrogen) atoms. The van der Waals surface area contributed by atoms with Crippen LogP contribution in [0.15, 0.2) is 65.8 Å². The third-order valence-electron chi connectivity index (χ3n) is 5.70. The van der Waals surface area contributed by atoms with E-state index >= 15 is 0 Å². The summed E-state index contributed by atoms with van der Waals surface area (Å²) in [6.45, 7) is 0. The quantitative estimate of drug-likeness (QED) is 0.655. The van der Waals surface area contributed by atoms with E-state index in [4.69, 9.17) is 19.3 Å². The number of phenols is 2. The number of ether oxygens (including phenoxy) is 3. The van der Waals surface area contributed by atoms with Gasteiger partial charge in [0.2, 0.25) is 6.23 Å². The molecule has 2 aliphatic rings. The average Bonchev–Trinajstić information content (AvgIpc) is 3.25. The second-order valence-corrected chi connectivity index (χ2v) is 7.47. The van der Waals surface area contributed by atoms with Crippen molar-refractivity contribution < 1.29 is 24.4 Å². The smallest absolute Gasteiger partial charge is 0.214 e. The maximum Gasteiger partial charge on any atom is 0.214 e. The first-order valence-corrected chi connectivity index (χ1v) is 9.94. The van der Waals surface area contributed by atoms with Crippen LogP contribution in [0.5, 0.6) is 28.7 Å². The lowest BCUT2D eigenvalue weighted by atomic mass is 9.95. The molecular formula is C24H22N2O5. The van der Waals surface area contributed by atoms with Crippen molar-refractivity contribution in [2.45, 2.75) is 18.7 Å². The van der Waals surface area contributed by atoms with Crippen molar-refractivity contribution in [2.24, 2.45) is 5.10 Å². The molecule has 3 aromatic carbocycles. The van der Waals surface area contributed by atoms with E-state index in [2.05, 4.69) is 0 Å². The number of hydrazone groups is 1. The van der Waals surface area contributed by atoms with Crippen molar-refractivity contribution in [3.8, 4) is 28.7 Å². The molecule has 0 aliphatic carbocycles. The zero-order valence-electron chi connectivity index (χ0n) is 17.1. The second kappa shape index (κ2) is 7.43. The summed E-state index contributed by atoms with van der Waals surface area (Å²) in [6, 6.07) is 18.1. The SMILES string of the molecule is COc1ccc(O)c(C2=NN3[C@H](C2)c2ccccc2O[C@H]3c2ccc(O)c(OC)c2)c1. The molecular weight excluding hydrogens is 396 g/mol. The summed E-state index contributed by atoms with van der Waals surface area (Å²) in [5, 5.41) is 27.2. The van der Waals surface area contributed by atoms with E-state index in [0.717, 1.165) is 22.6 Å². The Hall–Kier alpha value is -3.87. The molecule has 0 unspecified atom stereocenters. The lowest BCUT2D eigenvalue weighted by Gasteiger charge is -2.38. The molecule has 7 heteroatoms. The molecule has 0 amide bonds. The van der Waals surface area contributed by atoms with E-state index in [-0.39, 0.29) is 17.5 Å². The highest BCUT2D eigenvalue weighted by Gasteiger charge is 2.41. The van der Waals surface area contributed by atoms with Gasteiger partial charge in [0.25, 0.3) is 0 Å². The molecule has 0 bridgehead atoms. The predicted molar refractivity (Wildman–Crippen MR) is 115 cm³/mol. The first-order valence-electron chi connectivity index (χ1n) is 9.94. The van der Waals surface area contributed by atoms with Gasteiger partial charge in [0.05, 0.1) is 26.0 Å². The third kappa shape index (κ3) is 3.18. The highest BCUT2D eigenvalue weighted by Crippen LogP contribution is 2.48. The molecule has 0 spiro atoms. The van der Waals surface area contributed by atoms with E-state index < -0.39 is 6.23 Å². The van der Waals surface area contributed by atoms with Gasteiger partial charge < -0.3 is 24.4 Å². The Morgan fingerprint density at radius 2 is 1.77 bits per heavy atom. The number of hydrogen-bond acceptors (Lipinski definition) is 7. The number of aromatic hydroxyl groups is 2. The zero-order chi connectivity index (χ0) is 21.5. The molecule has 158 valence electrons. The normalized spacial score (nSPS) is 19.2. The van der Waals surface area contributed by atoms with E-state index in [0.29, 0.717) is 23.5 Å². The molecule has 2 atom stereocenters. The Kier molecular flexibility index (Phi) is 4.58. The number of fused-ring (bicyclic) bond motifs is 3. The van der Waals surface area contributed by atoms with E-state index in [1.54, 1.807) is 43.5 Å². The van der Waals surface area contributed by atoms with Gasteiger partial charge in [-0.25, -0.2) is 5.01 Å².